The maximum Gasteiger partial charge on any atom is 0.351 e. The molecule has 1 fully saturated rings. The van der Waals surface area contributed by atoms with Crippen molar-refractivity contribution in [1.82, 2.24) is 9.55 Å². The average Bonchev–Trinajstić information content (AvgIpc) is 2.72. The Morgan fingerprint density at radius 2 is 2.17 bits per heavy atom. The molecule has 13 heteroatoms. The van der Waals surface area contributed by atoms with Crippen molar-refractivity contribution in [2.45, 2.75) is 31.5 Å². The van der Waals surface area contributed by atoms with Crippen LogP contribution < -0.4 is 20.8 Å². The largest absolute Gasteiger partial charge is 0.790 e. The number of aromatic nitrogens is 2. The number of phosphoric acid groups is 1. The van der Waals surface area contributed by atoms with Crippen LogP contribution in [0.25, 0.3) is 0 Å². The molecule has 2 unspecified atom stereocenters. The van der Waals surface area contributed by atoms with E-state index in [0.717, 1.165) is 10.8 Å². The topological polar surface area (TPSA) is 186 Å². The van der Waals surface area contributed by atoms with Gasteiger partial charge >= 0.3 is 5.69 Å². The first-order valence-corrected chi connectivity index (χ1v) is 8.09. The highest BCUT2D eigenvalue weighted by atomic mass is 31.2. The Morgan fingerprint density at radius 1 is 1.50 bits per heavy atom. The summed E-state index contributed by atoms with van der Waals surface area (Å²) < 4.78 is 20.5. The lowest BCUT2D eigenvalue weighted by Crippen LogP contribution is -2.36. The second kappa shape index (κ2) is 7.07. The van der Waals surface area contributed by atoms with E-state index in [9.17, 15) is 34.2 Å². The maximum absolute atomic E-state index is 11.9. The second-order valence-corrected chi connectivity index (χ2v) is 6.13. The van der Waals surface area contributed by atoms with E-state index >= 15 is 0 Å². The molecule has 4 atom stereocenters. The molecule has 1 saturated heterocycles. The lowest BCUT2D eigenvalue weighted by atomic mass is 10.1. The number of anilines is 1. The van der Waals surface area contributed by atoms with Crippen molar-refractivity contribution in [1.29, 1.82) is 0 Å². The Balaban J connectivity index is 2.16. The van der Waals surface area contributed by atoms with Gasteiger partial charge in [0.25, 0.3) is 0 Å². The fourth-order valence-corrected chi connectivity index (χ4v) is 2.45. The van der Waals surface area contributed by atoms with Crippen LogP contribution in [0.2, 0.25) is 0 Å². The molecule has 1 aromatic rings. The fraction of sp³-hybridized carbons (Fsp3) is 0.545. The van der Waals surface area contributed by atoms with Crippen molar-refractivity contribution >= 4 is 19.5 Å². The summed E-state index contributed by atoms with van der Waals surface area (Å²) in [5.74, 6) is -0.459. The summed E-state index contributed by atoms with van der Waals surface area (Å²) in [6, 6.07) is 1.26. The number of nitrogens with one attached hydrogen (secondary N) is 1. The number of nitrogens with zero attached hydrogens (tertiary/aromatic N) is 2. The van der Waals surface area contributed by atoms with Crippen LogP contribution >= 0.6 is 7.82 Å². The van der Waals surface area contributed by atoms with Crippen molar-refractivity contribution in [3.8, 4) is 0 Å². The van der Waals surface area contributed by atoms with E-state index < -0.39 is 50.6 Å². The Kier molecular flexibility index (Phi) is 5.50. The molecule has 0 spiro atoms. The molecule has 134 valence electrons. The van der Waals surface area contributed by atoms with Crippen LogP contribution in [0.3, 0.4) is 0 Å². The molecule has 0 aromatic carbocycles. The van der Waals surface area contributed by atoms with Gasteiger partial charge in [-0.15, -0.1) is 0 Å². The van der Waals surface area contributed by atoms with Gasteiger partial charge in [-0.2, -0.15) is 4.98 Å². The summed E-state index contributed by atoms with van der Waals surface area (Å²) in [6.07, 6.45) is -4.75. The number of aliphatic hydroxyl groups excluding tert-OH is 2. The minimum absolute atomic E-state index is 0.0182. The summed E-state index contributed by atoms with van der Waals surface area (Å²) in [4.78, 5) is 47.3. The SMILES string of the molecule is CC(=O)Nc1ccn([C@@H]2O[C@H](COP(=O)([O-])[O-])C(O)C2O)c(=O)n1. The van der Waals surface area contributed by atoms with Crippen molar-refractivity contribution < 1.29 is 38.6 Å². The van der Waals surface area contributed by atoms with E-state index in [2.05, 4.69) is 14.8 Å². The monoisotopic (exact) mass is 363 g/mol. The Labute approximate surface area is 134 Å². The first-order chi connectivity index (χ1) is 11.1. The number of hydrogen-bond donors (Lipinski definition) is 3. The van der Waals surface area contributed by atoms with E-state index in [4.69, 9.17) is 4.74 Å². The van der Waals surface area contributed by atoms with E-state index in [1.807, 2.05) is 0 Å². The first kappa shape index (κ1) is 18.7. The van der Waals surface area contributed by atoms with Gasteiger partial charge in [-0.1, -0.05) is 0 Å². The van der Waals surface area contributed by atoms with Crippen molar-refractivity contribution in [3.05, 3.63) is 22.7 Å². The predicted molar refractivity (Wildman–Crippen MR) is 72.3 cm³/mol. The maximum atomic E-state index is 11.9. The van der Waals surface area contributed by atoms with Gasteiger partial charge in [-0.3, -0.25) is 9.36 Å². The van der Waals surface area contributed by atoms with Crippen LogP contribution in [0.1, 0.15) is 13.2 Å². The van der Waals surface area contributed by atoms with Gasteiger partial charge in [0.2, 0.25) is 5.91 Å². The highest BCUT2D eigenvalue weighted by Gasteiger charge is 2.44. The third-order valence-electron chi connectivity index (χ3n) is 3.14. The Morgan fingerprint density at radius 3 is 2.71 bits per heavy atom. The fourth-order valence-electron chi connectivity index (χ4n) is 2.12. The summed E-state index contributed by atoms with van der Waals surface area (Å²) in [6.45, 7) is 0.411. The minimum Gasteiger partial charge on any atom is -0.790 e. The van der Waals surface area contributed by atoms with Crippen LogP contribution in [0.5, 0.6) is 0 Å². The van der Waals surface area contributed by atoms with E-state index in [1.54, 1.807) is 0 Å². The van der Waals surface area contributed by atoms with E-state index in [0.29, 0.717) is 0 Å². The molecule has 0 bridgehead atoms. The molecule has 1 amide bonds. The number of rotatable bonds is 5. The zero-order chi connectivity index (χ0) is 18.1. The van der Waals surface area contributed by atoms with Crippen LogP contribution in [0.15, 0.2) is 17.1 Å². The summed E-state index contributed by atoms with van der Waals surface area (Å²) in [5, 5.41) is 22.0. The lowest BCUT2D eigenvalue weighted by molar-refractivity contribution is -0.343. The first-order valence-electron chi connectivity index (χ1n) is 6.63. The minimum atomic E-state index is -5.28. The van der Waals surface area contributed by atoms with Crippen LogP contribution in [0, 0.1) is 0 Å². The third-order valence-corrected chi connectivity index (χ3v) is 3.61. The van der Waals surface area contributed by atoms with Gasteiger partial charge < -0.3 is 39.1 Å². The Hall–Kier alpha value is -1.66. The molecule has 0 radical (unpaired) electrons. The lowest BCUT2D eigenvalue weighted by Gasteiger charge is -2.30. The highest BCUT2D eigenvalue weighted by molar-refractivity contribution is 7.43. The van der Waals surface area contributed by atoms with E-state index in [-0.39, 0.29) is 5.82 Å². The van der Waals surface area contributed by atoms with Gasteiger partial charge in [0.15, 0.2) is 6.23 Å². The van der Waals surface area contributed by atoms with E-state index in [1.165, 1.54) is 13.0 Å². The number of aliphatic hydroxyl groups is 2. The molecule has 0 aliphatic carbocycles. The quantitative estimate of drug-likeness (QED) is 0.446. The highest BCUT2D eigenvalue weighted by Crippen LogP contribution is 2.32. The standard InChI is InChI=1S/C11H16N3O9P/c1-5(15)12-7-2-3-14(11(18)13-7)10-9(17)8(16)6(23-10)4-22-24(19,20)21/h2-3,6,8-10,16-17H,4H2,1H3,(H2,19,20,21)(H,12,13,15,18)/p-2/t6-,8?,9?,10-/m1/s1. The van der Waals surface area contributed by atoms with Crippen LogP contribution in [-0.4, -0.2) is 50.6 Å². The Bertz CT molecular complexity index is 717. The van der Waals surface area contributed by atoms with Crippen molar-refractivity contribution in [2.24, 2.45) is 0 Å². The van der Waals surface area contributed by atoms with Gasteiger partial charge in [0, 0.05) is 13.1 Å². The second-order valence-electron chi connectivity index (χ2n) is 4.97. The number of carbonyl (C=O) groups is 1. The molecule has 1 aromatic heterocycles. The summed E-state index contributed by atoms with van der Waals surface area (Å²) >= 11 is 0. The molecular formula is C11H14N3O9P-2. The van der Waals surface area contributed by atoms with Crippen LogP contribution in [-0.2, 0) is 18.6 Å². The zero-order valence-electron chi connectivity index (χ0n) is 12.3. The number of amides is 1. The molecule has 24 heavy (non-hydrogen) atoms. The van der Waals surface area contributed by atoms with Crippen molar-refractivity contribution in [2.75, 3.05) is 11.9 Å². The molecule has 1 aliphatic heterocycles. The number of phosphoric ester groups is 1. The van der Waals surface area contributed by atoms with Gasteiger partial charge in [0.05, 0.1) is 14.4 Å². The molecule has 1 aliphatic rings. The number of hydrogen-bond acceptors (Lipinski definition) is 10. The number of carbonyl (C=O) groups excluding carboxylic acids is 1. The van der Waals surface area contributed by atoms with Crippen molar-refractivity contribution in [3.63, 3.8) is 0 Å². The summed E-state index contributed by atoms with van der Waals surface area (Å²) in [7, 11) is -5.28. The third kappa shape index (κ3) is 4.45. The molecule has 0 saturated carbocycles. The van der Waals surface area contributed by atoms with Crippen LogP contribution in [0.4, 0.5) is 5.82 Å². The molecule has 2 heterocycles. The van der Waals surface area contributed by atoms with Gasteiger partial charge in [-0.25, -0.2) is 4.79 Å². The molecular weight excluding hydrogens is 349 g/mol. The normalized spacial score (nSPS) is 27.2. The molecule has 12 nitrogen and oxygen atoms in total. The summed E-state index contributed by atoms with van der Waals surface area (Å²) in [5.41, 5.74) is -0.891. The average molecular weight is 363 g/mol. The number of ether oxygens (including phenoxy) is 1. The van der Waals surface area contributed by atoms with Gasteiger partial charge in [0.1, 0.15) is 24.1 Å². The molecule has 3 N–H and O–H groups in total. The molecule has 2 rings (SSSR count). The predicted octanol–water partition coefficient (Wildman–Crippen LogP) is -3.33. The smallest absolute Gasteiger partial charge is 0.351 e. The zero-order valence-corrected chi connectivity index (χ0v) is 13.2. The van der Waals surface area contributed by atoms with Gasteiger partial charge in [-0.05, 0) is 6.07 Å².